The number of carbonyl (C=O) groups excluding carboxylic acids is 1. The van der Waals surface area contributed by atoms with Gasteiger partial charge < -0.3 is 10.6 Å². The van der Waals surface area contributed by atoms with Crippen LogP contribution in [0.3, 0.4) is 0 Å². The Labute approximate surface area is 142 Å². The molecule has 0 spiro atoms. The molecule has 0 bridgehead atoms. The number of anilines is 1. The second-order valence-corrected chi connectivity index (χ2v) is 8.77. The Morgan fingerprint density at radius 1 is 1.29 bits per heavy atom. The minimum Gasteiger partial charge on any atom is -0.325 e. The topological polar surface area (TPSA) is 87.3 Å². The van der Waals surface area contributed by atoms with E-state index in [1.807, 2.05) is 0 Å². The normalized spacial score (nSPS) is 15.3. The second-order valence-electron chi connectivity index (χ2n) is 7.12. The summed E-state index contributed by atoms with van der Waals surface area (Å²) >= 11 is 0. The van der Waals surface area contributed by atoms with Crippen molar-refractivity contribution in [1.29, 1.82) is 0 Å². The van der Waals surface area contributed by atoms with Crippen LogP contribution in [-0.2, 0) is 14.8 Å². The van der Waals surface area contributed by atoms with E-state index in [4.69, 9.17) is 0 Å². The molecule has 0 unspecified atom stereocenters. The van der Waals surface area contributed by atoms with Crippen molar-refractivity contribution < 1.29 is 17.6 Å². The summed E-state index contributed by atoms with van der Waals surface area (Å²) in [4.78, 5) is 11.4. The van der Waals surface area contributed by atoms with Gasteiger partial charge in [0.25, 0.3) is 0 Å². The summed E-state index contributed by atoms with van der Waals surface area (Å²) in [6.07, 6.45) is 2.38. The van der Waals surface area contributed by atoms with Crippen molar-refractivity contribution in [2.75, 3.05) is 18.4 Å². The van der Waals surface area contributed by atoms with Crippen LogP contribution >= 0.6 is 0 Å². The smallest absolute Gasteiger partial charge is 0.244 e. The van der Waals surface area contributed by atoms with Crippen LogP contribution in [0.4, 0.5) is 10.1 Å². The molecule has 1 fully saturated rings. The SMILES string of the molecule is CC(C)(C)NS(=O)(=O)c1cc(NC(=O)CNCC2CC2)ccc1F. The van der Waals surface area contributed by atoms with Crippen molar-refractivity contribution in [3.05, 3.63) is 24.0 Å². The Balaban J connectivity index is 2.05. The molecule has 3 N–H and O–H groups in total. The molecule has 0 atom stereocenters. The molecule has 0 saturated heterocycles. The zero-order valence-corrected chi connectivity index (χ0v) is 15.0. The summed E-state index contributed by atoms with van der Waals surface area (Å²) in [7, 11) is -4.02. The highest BCUT2D eigenvalue weighted by Gasteiger charge is 2.25. The van der Waals surface area contributed by atoms with Crippen LogP contribution in [-0.4, -0.2) is 33.0 Å². The number of sulfonamides is 1. The lowest BCUT2D eigenvalue weighted by atomic mass is 10.1. The molecule has 0 heterocycles. The second kappa shape index (κ2) is 7.16. The van der Waals surface area contributed by atoms with E-state index in [0.29, 0.717) is 5.92 Å². The number of benzene rings is 1. The molecule has 6 nitrogen and oxygen atoms in total. The highest BCUT2D eigenvalue weighted by molar-refractivity contribution is 7.89. The maximum atomic E-state index is 13.9. The third kappa shape index (κ3) is 5.85. The number of rotatable bonds is 7. The highest BCUT2D eigenvalue weighted by atomic mass is 32.2. The van der Waals surface area contributed by atoms with Gasteiger partial charge in [0.1, 0.15) is 10.7 Å². The lowest BCUT2D eigenvalue weighted by molar-refractivity contribution is -0.115. The fourth-order valence-corrected chi connectivity index (χ4v) is 3.69. The van der Waals surface area contributed by atoms with Crippen LogP contribution in [0.25, 0.3) is 0 Å². The van der Waals surface area contributed by atoms with Crippen LogP contribution in [0.5, 0.6) is 0 Å². The maximum Gasteiger partial charge on any atom is 0.244 e. The number of amides is 1. The average Bonchev–Trinajstić information content (AvgIpc) is 3.22. The van der Waals surface area contributed by atoms with Gasteiger partial charge in [-0.2, -0.15) is 0 Å². The zero-order valence-electron chi connectivity index (χ0n) is 14.1. The fraction of sp³-hybridized carbons (Fsp3) is 0.562. The summed E-state index contributed by atoms with van der Waals surface area (Å²) in [5.74, 6) is -0.505. The third-order valence-corrected chi connectivity index (χ3v) is 5.13. The number of nitrogens with one attached hydrogen (secondary N) is 3. The first-order valence-corrected chi connectivity index (χ1v) is 9.39. The summed E-state index contributed by atoms with van der Waals surface area (Å²) < 4.78 is 40.9. The van der Waals surface area contributed by atoms with E-state index in [-0.39, 0.29) is 18.1 Å². The first kappa shape index (κ1) is 18.8. The third-order valence-electron chi connectivity index (χ3n) is 3.36. The van der Waals surface area contributed by atoms with Gasteiger partial charge in [-0.1, -0.05) is 0 Å². The van der Waals surface area contributed by atoms with Crippen molar-refractivity contribution in [2.24, 2.45) is 5.92 Å². The van der Waals surface area contributed by atoms with Gasteiger partial charge in [0, 0.05) is 11.2 Å². The highest BCUT2D eigenvalue weighted by Crippen LogP contribution is 2.27. The van der Waals surface area contributed by atoms with Gasteiger partial charge >= 0.3 is 0 Å². The number of halogens is 1. The van der Waals surface area contributed by atoms with Gasteiger partial charge in [0.05, 0.1) is 6.54 Å². The standard InChI is InChI=1S/C16H24FN3O3S/c1-16(2,3)20-24(22,23)14-8-12(6-7-13(14)17)19-15(21)10-18-9-11-4-5-11/h6-8,11,18,20H,4-5,9-10H2,1-3H3,(H,19,21). The van der Waals surface area contributed by atoms with Crippen molar-refractivity contribution in [3.8, 4) is 0 Å². The summed E-state index contributed by atoms with van der Waals surface area (Å²) in [6, 6.07) is 3.50. The first-order valence-electron chi connectivity index (χ1n) is 7.91. The van der Waals surface area contributed by atoms with Crippen molar-refractivity contribution in [1.82, 2.24) is 10.0 Å². The van der Waals surface area contributed by atoms with Crippen LogP contribution in [0.1, 0.15) is 33.6 Å². The lowest BCUT2D eigenvalue weighted by Crippen LogP contribution is -2.40. The fourth-order valence-electron chi connectivity index (χ4n) is 2.16. The number of hydrogen-bond acceptors (Lipinski definition) is 4. The van der Waals surface area contributed by atoms with Crippen LogP contribution in [0.15, 0.2) is 23.1 Å². The predicted octanol–water partition coefficient (Wildman–Crippen LogP) is 1.84. The molecule has 8 heteroatoms. The lowest BCUT2D eigenvalue weighted by Gasteiger charge is -2.20. The molecule has 1 saturated carbocycles. The van der Waals surface area contributed by atoms with Gasteiger partial charge in [0.2, 0.25) is 15.9 Å². The quantitative estimate of drug-likeness (QED) is 0.695. The van der Waals surface area contributed by atoms with E-state index in [2.05, 4.69) is 15.4 Å². The van der Waals surface area contributed by atoms with Crippen molar-refractivity contribution >= 4 is 21.6 Å². The van der Waals surface area contributed by atoms with Gasteiger partial charge in [-0.3, -0.25) is 4.79 Å². The van der Waals surface area contributed by atoms with E-state index in [0.717, 1.165) is 18.7 Å². The Kier molecular flexibility index (Phi) is 5.62. The molecule has 1 amide bonds. The van der Waals surface area contributed by atoms with Crippen molar-refractivity contribution in [3.63, 3.8) is 0 Å². The van der Waals surface area contributed by atoms with Crippen LogP contribution < -0.4 is 15.4 Å². The molecule has 1 aliphatic rings. The molecule has 134 valence electrons. The molecule has 1 aromatic carbocycles. The molecule has 0 radical (unpaired) electrons. The molecule has 0 aromatic heterocycles. The molecule has 0 aliphatic heterocycles. The Morgan fingerprint density at radius 2 is 1.96 bits per heavy atom. The van der Waals surface area contributed by atoms with Crippen LogP contribution in [0, 0.1) is 11.7 Å². The van der Waals surface area contributed by atoms with Crippen LogP contribution in [0.2, 0.25) is 0 Å². The molecule has 1 aliphatic carbocycles. The van der Waals surface area contributed by atoms with E-state index in [1.165, 1.54) is 18.9 Å². The summed E-state index contributed by atoms with van der Waals surface area (Å²) in [6.45, 7) is 5.93. The molecular formula is C16H24FN3O3S. The monoisotopic (exact) mass is 357 g/mol. The predicted molar refractivity (Wildman–Crippen MR) is 90.7 cm³/mol. The summed E-state index contributed by atoms with van der Waals surface area (Å²) in [5.41, 5.74) is -0.499. The van der Waals surface area contributed by atoms with E-state index in [1.54, 1.807) is 20.8 Å². The van der Waals surface area contributed by atoms with E-state index >= 15 is 0 Å². The van der Waals surface area contributed by atoms with E-state index in [9.17, 15) is 17.6 Å². The van der Waals surface area contributed by atoms with Crippen molar-refractivity contribution in [2.45, 2.75) is 44.0 Å². The Hall–Kier alpha value is -1.51. The van der Waals surface area contributed by atoms with Gasteiger partial charge in [-0.05, 0) is 64.3 Å². The summed E-state index contributed by atoms with van der Waals surface area (Å²) in [5, 5.41) is 5.62. The zero-order chi connectivity index (χ0) is 18.0. The first-order chi connectivity index (χ1) is 11.1. The minimum absolute atomic E-state index is 0.135. The molecule has 1 aromatic rings. The number of carbonyl (C=O) groups is 1. The Morgan fingerprint density at radius 3 is 2.54 bits per heavy atom. The minimum atomic E-state index is -4.02. The number of hydrogen-bond donors (Lipinski definition) is 3. The Bertz CT molecular complexity index is 710. The average molecular weight is 357 g/mol. The largest absolute Gasteiger partial charge is 0.325 e. The maximum absolute atomic E-state index is 13.9. The molecular weight excluding hydrogens is 333 g/mol. The van der Waals surface area contributed by atoms with Gasteiger partial charge in [-0.15, -0.1) is 0 Å². The van der Waals surface area contributed by atoms with E-state index < -0.39 is 26.3 Å². The molecule has 2 rings (SSSR count). The van der Waals surface area contributed by atoms with Gasteiger partial charge in [0.15, 0.2) is 0 Å². The van der Waals surface area contributed by atoms with Gasteiger partial charge in [-0.25, -0.2) is 17.5 Å². The molecule has 24 heavy (non-hydrogen) atoms.